The van der Waals surface area contributed by atoms with Gasteiger partial charge in [-0.2, -0.15) is 9.90 Å². The summed E-state index contributed by atoms with van der Waals surface area (Å²) in [5.74, 6) is 0. The Labute approximate surface area is 54.3 Å². The molecule has 0 fully saturated rings. The van der Waals surface area contributed by atoms with Gasteiger partial charge in [0.05, 0.1) is 0 Å². The summed E-state index contributed by atoms with van der Waals surface area (Å²) in [5.41, 5.74) is 0. The normalized spacial score (nSPS) is 0. The minimum Gasteiger partial charge on any atom is -0.153 e. The van der Waals surface area contributed by atoms with Crippen LogP contribution in [-0.2, 0) is 33.3 Å². The van der Waals surface area contributed by atoms with E-state index in [4.69, 9.17) is 0 Å². The van der Waals surface area contributed by atoms with Crippen LogP contribution in [0, 0.1) is 0 Å². The van der Waals surface area contributed by atoms with Gasteiger partial charge in [-0.3, -0.25) is 0 Å². The van der Waals surface area contributed by atoms with Gasteiger partial charge in [0.15, 0.2) is 0 Å². The largest absolute Gasteiger partial charge is 0.153 e. The van der Waals surface area contributed by atoms with Gasteiger partial charge in [-0.25, -0.2) is 0 Å². The Kier molecular flexibility index (Phi) is 256. The van der Waals surface area contributed by atoms with E-state index in [9.17, 15) is 0 Å². The van der Waals surface area contributed by atoms with Crippen molar-refractivity contribution in [3.05, 3.63) is 0 Å². The van der Waals surface area contributed by atoms with E-state index in [0.717, 1.165) is 0 Å². The van der Waals surface area contributed by atoms with Crippen molar-refractivity contribution in [2.45, 2.75) is 0 Å². The van der Waals surface area contributed by atoms with E-state index in [2.05, 4.69) is 0 Å². The van der Waals surface area contributed by atoms with Crippen LogP contribution in [0.2, 0.25) is 0 Å². The molecule has 0 nitrogen and oxygen atoms in total. The molecule has 0 bridgehead atoms. The maximum absolute atomic E-state index is 0. The monoisotopic (exact) mass is 179 g/mol. The molecule has 0 saturated heterocycles. The summed E-state index contributed by atoms with van der Waals surface area (Å²) in [6.45, 7) is 0. The molecular formula is H3CoNiPSi. The van der Waals surface area contributed by atoms with E-state index >= 15 is 0 Å². The van der Waals surface area contributed by atoms with Gasteiger partial charge in [0.25, 0.3) is 0 Å². The topological polar surface area (TPSA) is 0 Å². The predicted octanol–water partition coefficient (Wildman–Crippen LogP) is -0.328. The van der Waals surface area contributed by atoms with Crippen LogP contribution < -0.4 is 0 Å². The van der Waals surface area contributed by atoms with Crippen LogP contribution in [0.1, 0.15) is 0 Å². The van der Waals surface area contributed by atoms with Gasteiger partial charge in [0.2, 0.25) is 0 Å². The van der Waals surface area contributed by atoms with E-state index in [1.807, 2.05) is 0 Å². The van der Waals surface area contributed by atoms with Crippen LogP contribution in [0.4, 0.5) is 0 Å². The van der Waals surface area contributed by atoms with Gasteiger partial charge in [-0.1, -0.05) is 0 Å². The zero-order chi connectivity index (χ0) is 0. The van der Waals surface area contributed by atoms with Gasteiger partial charge in [0.1, 0.15) is 0 Å². The molecule has 0 amide bonds. The van der Waals surface area contributed by atoms with Crippen molar-refractivity contribution in [3.8, 4) is 0 Å². The number of hydrogen-bond donors (Lipinski definition) is 0. The smallest absolute Gasteiger partial charge is 0 e. The van der Waals surface area contributed by atoms with Crippen molar-refractivity contribution in [2.24, 2.45) is 0 Å². The number of hydrogen-bond acceptors (Lipinski definition) is 0. The zero-order valence-electron chi connectivity index (χ0n) is 1.86. The van der Waals surface area contributed by atoms with Crippen LogP contribution in [0.5, 0.6) is 0 Å². The average Bonchev–Trinajstić information content (AvgIpc) is 0. The minimum atomic E-state index is 0. The van der Waals surface area contributed by atoms with E-state index < -0.39 is 0 Å². The fourth-order valence-electron chi connectivity index (χ4n) is 0. The first-order valence-electron chi connectivity index (χ1n) is 0. The first-order valence-corrected chi connectivity index (χ1v) is 0. The van der Waals surface area contributed by atoms with Crippen LogP contribution >= 0.6 is 9.90 Å². The molecule has 0 aromatic rings. The molecule has 4 heteroatoms. The van der Waals surface area contributed by atoms with Crippen molar-refractivity contribution in [2.75, 3.05) is 0 Å². The SMILES string of the molecule is P.[Co].[Ni].[Si]. The molecule has 0 aliphatic carbocycles. The first kappa shape index (κ1) is 45.0. The molecule has 1 atom stereocenters. The first-order chi connectivity index (χ1) is 0. The molecule has 0 heterocycles. The van der Waals surface area contributed by atoms with Crippen molar-refractivity contribution in [1.29, 1.82) is 0 Å². The molecule has 0 aliphatic heterocycles. The van der Waals surface area contributed by atoms with Crippen LogP contribution in [0.15, 0.2) is 0 Å². The van der Waals surface area contributed by atoms with E-state index in [1.165, 1.54) is 0 Å². The molecule has 0 rings (SSSR count). The second-order valence-corrected chi connectivity index (χ2v) is 0. The molecule has 0 saturated carbocycles. The van der Waals surface area contributed by atoms with Crippen LogP contribution in [0.3, 0.4) is 0 Å². The molecule has 1 unspecified atom stereocenters. The summed E-state index contributed by atoms with van der Waals surface area (Å²) < 4.78 is 0. The molecular weight excluding hydrogens is 177 g/mol. The van der Waals surface area contributed by atoms with E-state index in [0.29, 0.717) is 0 Å². The average molecular weight is 180 g/mol. The Bertz CT molecular complexity index is 8.00. The maximum Gasteiger partial charge on any atom is 0 e. The van der Waals surface area contributed by atoms with Gasteiger partial charge < -0.3 is 0 Å². The predicted molar refractivity (Wildman–Crippen MR) is 16.9 cm³/mol. The molecule has 31 valence electrons. The Morgan fingerprint density at radius 1 is 1.00 bits per heavy atom. The Balaban J connectivity index is 0. The molecule has 0 aliphatic rings. The van der Waals surface area contributed by atoms with Gasteiger partial charge in [-0.05, 0) is 0 Å². The second kappa shape index (κ2) is 22.8. The van der Waals surface area contributed by atoms with Crippen molar-refractivity contribution < 1.29 is 33.3 Å². The Morgan fingerprint density at radius 2 is 1.00 bits per heavy atom. The van der Waals surface area contributed by atoms with E-state index in [-0.39, 0.29) is 54.1 Å². The maximum atomic E-state index is 0. The van der Waals surface area contributed by atoms with Crippen molar-refractivity contribution in [1.82, 2.24) is 0 Å². The fraction of sp³-hybridized carbons (Fsp3) is 0. The Hall–Kier alpha value is 1.65. The molecule has 0 spiro atoms. The van der Waals surface area contributed by atoms with Crippen molar-refractivity contribution >= 4 is 20.9 Å². The molecule has 0 aromatic carbocycles. The summed E-state index contributed by atoms with van der Waals surface area (Å²) in [6, 6.07) is 0. The summed E-state index contributed by atoms with van der Waals surface area (Å²) in [6.07, 6.45) is 0. The summed E-state index contributed by atoms with van der Waals surface area (Å²) in [4.78, 5) is 0. The summed E-state index contributed by atoms with van der Waals surface area (Å²) in [5, 5.41) is 0. The third-order valence-electron chi connectivity index (χ3n) is 0. The fourth-order valence-corrected chi connectivity index (χ4v) is 0. The third-order valence-corrected chi connectivity index (χ3v) is 0. The van der Waals surface area contributed by atoms with Gasteiger partial charge in [-0.15, -0.1) is 0 Å². The number of rotatable bonds is 0. The molecule has 4 heavy (non-hydrogen) atoms. The summed E-state index contributed by atoms with van der Waals surface area (Å²) in [7, 11) is 0. The summed E-state index contributed by atoms with van der Waals surface area (Å²) >= 11 is 0. The standard InChI is InChI=1S/Co.Ni.H3P.Si/h;;1H3;. The third kappa shape index (κ3) is 9.42. The van der Waals surface area contributed by atoms with Crippen LogP contribution in [-0.4, -0.2) is 11.0 Å². The Morgan fingerprint density at radius 3 is 1.00 bits per heavy atom. The molecule has 0 aromatic heterocycles. The minimum absolute atomic E-state index is 0. The van der Waals surface area contributed by atoms with Gasteiger partial charge >= 0.3 is 0 Å². The quantitative estimate of drug-likeness (QED) is 0.353. The van der Waals surface area contributed by atoms with Crippen molar-refractivity contribution in [3.63, 3.8) is 0 Å². The zero-order valence-corrected chi connectivity index (χ0v) is 6.30. The van der Waals surface area contributed by atoms with Crippen LogP contribution in [0.25, 0.3) is 0 Å². The second-order valence-electron chi connectivity index (χ2n) is 0. The molecule has 5 radical (unpaired) electrons. The van der Waals surface area contributed by atoms with Gasteiger partial charge in [0, 0.05) is 44.2 Å². The molecule has 0 N–H and O–H groups in total. The van der Waals surface area contributed by atoms with E-state index in [1.54, 1.807) is 0 Å².